The Bertz CT molecular complexity index is 39.8. The summed E-state index contributed by atoms with van der Waals surface area (Å²) in [6, 6.07) is 0. The van der Waals surface area contributed by atoms with Gasteiger partial charge < -0.3 is 9.78 Å². The van der Waals surface area contributed by atoms with Crippen LogP contribution in [0.15, 0.2) is 0 Å². The highest BCUT2D eigenvalue weighted by Gasteiger charge is 1.77. The average molecular weight is 87.9 g/mol. The maximum absolute atomic E-state index is 9.20. The van der Waals surface area contributed by atoms with Crippen LogP contribution in [-0.2, 0) is 9.55 Å². The van der Waals surface area contributed by atoms with Crippen LogP contribution < -0.4 is 5.48 Å². The molecule has 0 saturated heterocycles. The molecule has 0 atom stereocenters. The molecule has 0 spiro atoms. The Kier molecular flexibility index (Phi) is 4.05. The molecule has 0 rings (SSSR count). The molecule has 0 bridgehead atoms. The highest BCUT2D eigenvalue weighted by Crippen LogP contribution is 1.44. The predicted molar refractivity (Wildman–Crippen MR) is 18.3 cm³/mol. The molecule has 0 aromatic rings. The Balaban J connectivity index is 2.49. The Labute approximate surface area is 35.4 Å². The van der Waals surface area contributed by atoms with Gasteiger partial charge in [0.2, 0.25) is 6.41 Å². The van der Waals surface area contributed by atoms with Gasteiger partial charge in [-0.15, -0.1) is 0 Å². The van der Waals surface area contributed by atoms with E-state index < -0.39 is 0 Å². The number of carbonyl (C=O) groups is 1. The number of rotatable bonds is 3. The smallest absolute Gasteiger partial charge is 0.428 e. The van der Waals surface area contributed by atoms with E-state index >= 15 is 0 Å². The SMILES string of the molecule is O=CNO[B]O. The summed E-state index contributed by atoms with van der Waals surface area (Å²) in [5, 5.41) is 7.63. The van der Waals surface area contributed by atoms with Gasteiger partial charge in [0.25, 0.3) is 0 Å². The zero-order chi connectivity index (χ0) is 4.83. The molecule has 2 N–H and O–H groups in total. The van der Waals surface area contributed by atoms with E-state index in [-0.39, 0.29) is 0 Å². The molecule has 5 heteroatoms. The molecule has 33 valence electrons. The van der Waals surface area contributed by atoms with Crippen LogP contribution in [0.25, 0.3) is 0 Å². The molecular formula is CH3BNO3. The van der Waals surface area contributed by atoms with Crippen LogP contribution in [0, 0.1) is 0 Å². The third kappa shape index (κ3) is 3.45. The van der Waals surface area contributed by atoms with E-state index in [1.807, 2.05) is 0 Å². The van der Waals surface area contributed by atoms with Crippen LogP contribution in [0.1, 0.15) is 0 Å². The minimum atomic E-state index is 0.298. The van der Waals surface area contributed by atoms with Gasteiger partial charge in [-0.1, -0.05) is 0 Å². The quantitative estimate of drug-likeness (QED) is 0.185. The summed E-state index contributed by atoms with van der Waals surface area (Å²) in [6.07, 6.45) is 0.298. The van der Waals surface area contributed by atoms with E-state index in [4.69, 9.17) is 5.02 Å². The minimum Gasteiger partial charge on any atom is -0.428 e. The van der Waals surface area contributed by atoms with Crippen LogP contribution in [-0.4, -0.2) is 19.1 Å². The third-order valence-corrected chi connectivity index (χ3v) is 0.169. The molecule has 0 aliphatic heterocycles. The van der Waals surface area contributed by atoms with Gasteiger partial charge in [-0.3, -0.25) is 10.3 Å². The van der Waals surface area contributed by atoms with Crippen molar-refractivity contribution in [3.05, 3.63) is 0 Å². The molecule has 4 nitrogen and oxygen atoms in total. The fraction of sp³-hybridized carbons (Fsp3) is 0. The number of amides is 1. The normalized spacial score (nSPS) is 6.83. The molecule has 1 radical (unpaired) electrons. The van der Waals surface area contributed by atoms with Crippen molar-refractivity contribution in [2.75, 3.05) is 0 Å². The van der Waals surface area contributed by atoms with Crippen LogP contribution >= 0.6 is 0 Å². The second-order valence-corrected chi connectivity index (χ2v) is 0.459. The summed E-state index contributed by atoms with van der Waals surface area (Å²) in [7, 11) is 0.369. The number of hydrogen-bond acceptors (Lipinski definition) is 3. The molecule has 0 fully saturated rings. The lowest BCUT2D eigenvalue weighted by atomic mass is 10.4. The van der Waals surface area contributed by atoms with Gasteiger partial charge in [-0.05, 0) is 0 Å². The summed E-state index contributed by atoms with van der Waals surface area (Å²) in [6.45, 7) is 0. The Morgan fingerprint density at radius 3 is 2.83 bits per heavy atom. The van der Waals surface area contributed by atoms with E-state index in [1.54, 1.807) is 5.48 Å². The molecule has 0 aliphatic carbocycles. The van der Waals surface area contributed by atoms with Gasteiger partial charge in [-0.25, -0.2) is 0 Å². The number of nitrogens with one attached hydrogen (secondary N) is 1. The van der Waals surface area contributed by atoms with Gasteiger partial charge in [-0.2, -0.15) is 0 Å². The molecule has 0 aromatic heterocycles. The van der Waals surface area contributed by atoms with Crippen LogP contribution in [0.2, 0.25) is 0 Å². The van der Waals surface area contributed by atoms with E-state index in [0.29, 0.717) is 14.1 Å². The third-order valence-electron chi connectivity index (χ3n) is 0.169. The predicted octanol–water partition coefficient (Wildman–Crippen LogP) is -1.81. The number of carbonyl (C=O) groups excluding carboxylic acids is 1. The fourth-order valence-electron chi connectivity index (χ4n) is 0.0582. The van der Waals surface area contributed by atoms with Crippen molar-refractivity contribution in [2.24, 2.45) is 0 Å². The first-order valence-electron chi connectivity index (χ1n) is 1.22. The molecule has 0 heterocycles. The van der Waals surface area contributed by atoms with Crippen molar-refractivity contribution in [1.82, 2.24) is 5.48 Å². The van der Waals surface area contributed by atoms with Crippen molar-refractivity contribution in [3.8, 4) is 0 Å². The molecule has 0 aliphatic rings. The van der Waals surface area contributed by atoms with E-state index in [9.17, 15) is 4.79 Å². The summed E-state index contributed by atoms with van der Waals surface area (Å²) in [5.41, 5.74) is 1.71. The second kappa shape index (κ2) is 4.45. The molecular weight excluding hydrogens is 84.8 g/mol. The summed E-state index contributed by atoms with van der Waals surface area (Å²) >= 11 is 0. The van der Waals surface area contributed by atoms with Crippen molar-refractivity contribution >= 4 is 14.1 Å². The Morgan fingerprint density at radius 2 is 2.67 bits per heavy atom. The van der Waals surface area contributed by atoms with Gasteiger partial charge >= 0.3 is 7.69 Å². The average Bonchev–Trinajstić information content (AvgIpc) is 1.61. The first-order chi connectivity index (χ1) is 2.91. The van der Waals surface area contributed by atoms with Crippen molar-refractivity contribution in [3.63, 3.8) is 0 Å². The topological polar surface area (TPSA) is 58.6 Å². The highest BCUT2D eigenvalue weighted by atomic mass is 16.7. The maximum atomic E-state index is 9.20. The lowest BCUT2D eigenvalue weighted by molar-refractivity contribution is -0.115. The molecule has 6 heavy (non-hydrogen) atoms. The van der Waals surface area contributed by atoms with Crippen molar-refractivity contribution in [2.45, 2.75) is 0 Å². The van der Waals surface area contributed by atoms with Gasteiger partial charge in [0, 0.05) is 0 Å². The second-order valence-electron chi connectivity index (χ2n) is 0.459. The largest absolute Gasteiger partial charge is 0.511 e. The maximum Gasteiger partial charge on any atom is 0.511 e. The molecule has 1 amide bonds. The summed E-state index contributed by atoms with van der Waals surface area (Å²) < 4.78 is 3.80. The standard InChI is InChI=1S/CH3BNO3/c4-1-3-6-2-5/h1,5H,(H,3,4). The van der Waals surface area contributed by atoms with Crippen LogP contribution in [0.4, 0.5) is 0 Å². The van der Waals surface area contributed by atoms with Crippen LogP contribution in [0.3, 0.4) is 0 Å². The molecule has 0 unspecified atom stereocenters. The lowest BCUT2D eigenvalue weighted by Crippen LogP contribution is -2.14. The van der Waals surface area contributed by atoms with E-state index in [0.717, 1.165) is 0 Å². The van der Waals surface area contributed by atoms with Crippen molar-refractivity contribution in [1.29, 1.82) is 0 Å². The highest BCUT2D eigenvalue weighted by molar-refractivity contribution is 6.15. The molecule has 0 saturated carbocycles. The molecule has 0 aromatic carbocycles. The number of hydroxylamine groups is 1. The fourth-order valence-corrected chi connectivity index (χ4v) is 0.0582. The van der Waals surface area contributed by atoms with Crippen molar-refractivity contribution < 1.29 is 14.6 Å². The number of hydrogen-bond donors (Lipinski definition) is 2. The van der Waals surface area contributed by atoms with Crippen LogP contribution in [0.5, 0.6) is 0 Å². The van der Waals surface area contributed by atoms with Gasteiger partial charge in [0.15, 0.2) is 0 Å². The van der Waals surface area contributed by atoms with Gasteiger partial charge in [0.05, 0.1) is 0 Å². The zero-order valence-electron chi connectivity index (χ0n) is 2.92. The first-order valence-corrected chi connectivity index (χ1v) is 1.22. The monoisotopic (exact) mass is 88.0 g/mol. The minimum absolute atomic E-state index is 0.298. The van der Waals surface area contributed by atoms with E-state index in [1.165, 1.54) is 0 Å². The Morgan fingerprint density at radius 1 is 2.00 bits per heavy atom. The summed E-state index contributed by atoms with van der Waals surface area (Å²) in [5.74, 6) is 0. The van der Waals surface area contributed by atoms with E-state index in [2.05, 4.69) is 4.76 Å². The lowest BCUT2D eigenvalue weighted by Gasteiger charge is -1.86. The first kappa shape index (κ1) is 5.45. The summed E-state index contributed by atoms with van der Waals surface area (Å²) in [4.78, 5) is 9.20. The Hall–Kier alpha value is -0.545. The zero-order valence-corrected chi connectivity index (χ0v) is 2.92. The van der Waals surface area contributed by atoms with Gasteiger partial charge in [0.1, 0.15) is 0 Å².